The number of hydrogen-bond donors (Lipinski definition) is 1. The highest BCUT2D eigenvalue weighted by atomic mass is 32.2. The fourth-order valence-electron chi connectivity index (χ4n) is 3.15. The Morgan fingerprint density at radius 3 is 2.45 bits per heavy atom. The number of carbonyl (C=O) groups is 1. The summed E-state index contributed by atoms with van der Waals surface area (Å²) in [7, 11) is -3.59. The number of rotatable bonds is 8. The molecular formula is C21H21F4N3O4S. The van der Waals surface area contributed by atoms with Gasteiger partial charge in [-0.25, -0.2) is 22.2 Å². The van der Waals surface area contributed by atoms with Gasteiger partial charge in [0.2, 0.25) is 17.6 Å². The predicted octanol–water partition coefficient (Wildman–Crippen LogP) is 4.08. The molecule has 1 atom stereocenters. The second kappa shape index (κ2) is 9.08. The standard InChI is InChI=1S/C21H21F4N3O4S/c1-20(22,23)19-26-12-15(18(28-19)32-14-6-4-3-5-7-14)17(29)27-16(8-9-33(2,30)31)13-10-21(24,25)11-13/h3-9,12-13,16H,10-11H2,1-2H3,(H,27,29)/b9-8+/t16-/m0/s1. The fraction of sp³-hybridized carbons (Fsp3) is 0.381. The van der Waals surface area contributed by atoms with Crippen molar-refractivity contribution in [3.63, 3.8) is 0 Å². The molecular weight excluding hydrogens is 466 g/mol. The summed E-state index contributed by atoms with van der Waals surface area (Å²) in [5.74, 6) is -9.07. The van der Waals surface area contributed by atoms with Crippen molar-refractivity contribution in [2.24, 2.45) is 5.92 Å². The largest absolute Gasteiger partial charge is 0.438 e. The normalized spacial score (nSPS) is 17.4. The molecule has 1 aliphatic rings. The maximum Gasteiger partial charge on any atom is 0.303 e. The molecule has 0 bridgehead atoms. The van der Waals surface area contributed by atoms with Crippen molar-refractivity contribution in [3.05, 3.63) is 59.4 Å². The van der Waals surface area contributed by atoms with Gasteiger partial charge in [0.25, 0.3) is 5.91 Å². The first kappa shape index (κ1) is 24.6. The smallest absolute Gasteiger partial charge is 0.303 e. The van der Waals surface area contributed by atoms with Gasteiger partial charge in [0, 0.05) is 37.6 Å². The van der Waals surface area contributed by atoms with Crippen LogP contribution in [0, 0.1) is 5.92 Å². The van der Waals surface area contributed by atoms with Crippen molar-refractivity contribution in [2.45, 2.75) is 37.7 Å². The summed E-state index contributed by atoms with van der Waals surface area (Å²) in [6.07, 6.45) is 1.79. The first-order chi connectivity index (χ1) is 15.2. The molecule has 33 heavy (non-hydrogen) atoms. The van der Waals surface area contributed by atoms with E-state index in [4.69, 9.17) is 4.74 Å². The fourth-order valence-corrected chi connectivity index (χ4v) is 3.61. The van der Waals surface area contributed by atoms with Crippen molar-refractivity contribution in [1.82, 2.24) is 15.3 Å². The highest BCUT2D eigenvalue weighted by Crippen LogP contribution is 2.44. The molecule has 1 fully saturated rings. The van der Waals surface area contributed by atoms with Gasteiger partial charge in [-0.15, -0.1) is 0 Å². The number of sulfone groups is 1. The Morgan fingerprint density at radius 1 is 1.27 bits per heavy atom. The van der Waals surface area contributed by atoms with E-state index in [0.717, 1.165) is 23.9 Å². The van der Waals surface area contributed by atoms with Crippen molar-refractivity contribution < 1.29 is 35.5 Å². The Morgan fingerprint density at radius 2 is 1.91 bits per heavy atom. The number of alkyl halides is 4. The molecule has 1 aromatic heterocycles. The number of aromatic nitrogens is 2. The van der Waals surface area contributed by atoms with Gasteiger partial charge in [0.05, 0.1) is 6.04 Å². The van der Waals surface area contributed by atoms with E-state index in [-0.39, 0.29) is 11.3 Å². The van der Waals surface area contributed by atoms with E-state index in [1.54, 1.807) is 18.2 Å². The van der Waals surface area contributed by atoms with Gasteiger partial charge in [-0.1, -0.05) is 24.3 Å². The number of para-hydroxylation sites is 1. The Bertz CT molecular complexity index is 1140. The Hall–Kier alpha value is -3.02. The lowest BCUT2D eigenvalue weighted by Crippen LogP contribution is -2.49. The van der Waals surface area contributed by atoms with Crippen molar-refractivity contribution >= 4 is 15.7 Å². The molecule has 1 aromatic carbocycles. The van der Waals surface area contributed by atoms with Gasteiger partial charge in [0.1, 0.15) is 11.3 Å². The molecule has 1 aliphatic carbocycles. The van der Waals surface area contributed by atoms with E-state index >= 15 is 0 Å². The average Bonchev–Trinajstić information content (AvgIpc) is 2.68. The van der Waals surface area contributed by atoms with Crippen LogP contribution in [-0.4, -0.2) is 42.5 Å². The van der Waals surface area contributed by atoms with Gasteiger partial charge in [0.15, 0.2) is 9.84 Å². The number of hydrogen-bond acceptors (Lipinski definition) is 6. The summed E-state index contributed by atoms with van der Waals surface area (Å²) in [6.45, 7) is 0.581. The molecule has 0 unspecified atom stereocenters. The van der Waals surface area contributed by atoms with Crippen LogP contribution in [0.15, 0.2) is 48.0 Å². The van der Waals surface area contributed by atoms with Crippen LogP contribution < -0.4 is 10.1 Å². The number of ether oxygens (including phenoxy) is 1. The summed E-state index contributed by atoms with van der Waals surface area (Å²) in [5.41, 5.74) is -0.323. The van der Waals surface area contributed by atoms with Gasteiger partial charge in [-0.05, 0) is 18.1 Å². The monoisotopic (exact) mass is 487 g/mol. The molecule has 1 heterocycles. The minimum atomic E-state index is -3.59. The molecule has 7 nitrogen and oxygen atoms in total. The molecule has 1 N–H and O–H groups in total. The summed E-state index contributed by atoms with van der Waals surface area (Å²) >= 11 is 0. The van der Waals surface area contributed by atoms with Crippen LogP contribution in [0.25, 0.3) is 0 Å². The zero-order chi connectivity index (χ0) is 24.4. The highest BCUT2D eigenvalue weighted by molar-refractivity contribution is 7.93. The zero-order valence-electron chi connectivity index (χ0n) is 17.6. The summed E-state index contributed by atoms with van der Waals surface area (Å²) in [4.78, 5) is 20.1. The lowest BCUT2D eigenvalue weighted by molar-refractivity contribution is -0.114. The zero-order valence-corrected chi connectivity index (χ0v) is 18.5. The number of nitrogens with one attached hydrogen (secondary N) is 1. The molecule has 1 amide bonds. The van der Waals surface area contributed by atoms with Crippen LogP contribution in [0.4, 0.5) is 17.6 Å². The lowest BCUT2D eigenvalue weighted by atomic mass is 9.76. The van der Waals surface area contributed by atoms with E-state index in [0.29, 0.717) is 6.92 Å². The van der Waals surface area contributed by atoms with Crippen molar-refractivity contribution in [2.75, 3.05) is 6.26 Å². The lowest BCUT2D eigenvalue weighted by Gasteiger charge is -2.39. The molecule has 0 saturated heterocycles. The molecule has 3 rings (SSSR count). The summed E-state index contributed by atoms with van der Waals surface area (Å²) in [5, 5.41) is 3.27. The van der Waals surface area contributed by atoms with E-state index in [2.05, 4.69) is 15.3 Å². The molecule has 0 aliphatic heterocycles. The third-order valence-electron chi connectivity index (χ3n) is 4.81. The maximum absolute atomic E-state index is 13.7. The summed E-state index contributed by atoms with van der Waals surface area (Å²) < 4.78 is 82.7. The van der Waals surface area contributed by atoms with E-state index < -0.39 is 64.1 Å². The Kier molecular flexibility index (Phi) is 6.78. The third-order valence-corrected chi connectivity index (χ3v) is 5.46. The number of halogens is 4. The maximum atomic E-state index is 13.7. The van der Waals surface area contributed by atoms with Crippen LogP contribution in [0.1, 0.15) is 35.9 Å². The molecule has 2 aromatic rings. The second-order valence-electron chi connectivity index (χ2n) is 7.90. The molecule has 1 saturated carbocycles. The van der Waals surface area contributed by atoms with Gasteiger partial charge in [-0.3, -0.25) is 4.79 Å². The minimum absolute atomic E-state index is 0.211. The van der Waals surface area contributed by atoms with Crippen molar-refractivity contribution in [1.29, 1.82) is 0 Å². The summed E-state index contributed by atoms with van der Waals surface area (Å²) in [6, 6.07) is 6.91. The molecule has 178 valence electrons. The van der Waals surface area contributed by atoms with Gasteiger partial charge < -0.3 is 10.1 Å². The van der Waals surface area contributed by atoms with Crippen LogP contribution in [0.2, 0.25) is 0 Å². The molecule has 0 radical (unpaired) electrons. The number of carbonyl (C=O) groups excluding carboxylic acids is 1. The molecule has 0 spiro atoms. The van der Waals surface area contributed by atoms with E-state index in [9.17, 15) is 30.8 Å². The van der Waals surface area contributed by atoms with E-state index in [1.807, 2.05) is 0 Å². The van der Waals surface area contributed by atoms with Gasteiger partial charge >= 0.3 is 5.92 Å². The topological polar surface area (TPSA) is 98.2 Å². The van der Waals surface area contributed by atoms with Gasteiger partial charge in [-0.2, -0.15) is 13.8 Å². The first-order valence-corrected chi connectivity index (χ1v) is 11.7. The quantitative estimate of drug-likeness (QED) is 0.564. The number of nitrogens with zero attached hydrogens (tertiary/aromatic N) is 2. The van der Waals surface area contributed by atoms with Crippen LogP contribution in [-0.2, 0) is 15.8 Å². The second-order valence-corrected chi connectivity index (χ2v) is 9.83. The average molecular weight is 487 g/mol. The van der Waals surface area contributed by atoms with Crippen LogP contribution in [0.5, 0.6) is 11.6 Å². The first-order valence-electron chi connectivity index (χ1n) is 9.79. The number of benzene rings is 1. The highest BCUT2D eigenvalue weighted by Gasteiger charge is 2.48. The SMILES string of the molecule is CC(F)(F)c1ncc(C(=O)N[C@@H](/C=C/S(C)(=O)=O)C2CC(F)(F)C2)c(Oc2ccccc2)n1. The van der Waals surface area contributed by atoms with E-state index in [1.165, 1.54) is 12.1 Å². The van der Waals surface area contributed by atoms with Crippen LogP contribution in [0.3, 0.4) is 0 Å². The Labute approximate surface area is 187 Å². The third kappa shape index (κ3) is 6.73. The molecule has 12 heteroatoms. The Balaban J connectivity index is 1.92. The number of amides is 1. The minimum Gasteiger partial charge on any atom is -0.438 e. The van der Waals surface area contributed by atoms with Crippen molar-refractivity contribution in [3.8, 4) is 11.6 Å². The van der Waals surface area contributed by atoms with Crippen LogP contribution >= 0.6 is 0 Å². The predicted molar refractivity (Wildman–Crippen MR) is 111 cm³/mol.